The summed E-state index contributed by atoms with van der Waals surface area (Å²) in [5.74, 6) is 0.449. The molecular formula is C10H5F3I2N2. The molecule has 2 rings (SSSR count). The Morgan fingerprint density at radius 1 is 1.18 bits per heavy atom. The minimum Gasteiger partial charge on any atom is -0.333 e. The van der Waals surface area contributed by atoms with Crippen LogP contribution < -0.4 is 0 Å². The van der Waals surface area contributed by atoms with Crippen molar-refractivity contribution in [3.8, 4) is 11.4 Å². The van der Waals surface area contributed by atoms with Crippen molar-refractivity contribution in [2.24, 2.45) is 0 Å². The zero-order valence-corrected chi connectivity index (χ0v) is 12.5. The molecule has 0 radical (unpaired) electrons. The molecule has 0 aliphatic rings. The number of nitrogens with zero attached hydrogens (tertiary/aromatic N) is 1. The van der Waals surface area contributed by atoms with E-state index in [9.17, 15) is 13.2 Å². The normalized spacial score (nSPS) is 11.8. The Morgan fingerprint density at radius 3 is 2.41 bits per heavy atom. The molecule has 0 atom stereocenters. The lowest BCUT2D eigenvalue weighted by Gasteiger charge is -2.07. The van der Waals surface area contributed by atoms with Gasteiger partial charge in [0.1, 0.15) is 13.2 Å². The first kappa shape index (κ1) is 13.1. The van der Waals surface area contributed by atoms with Gasteiger partial charge in [-0.3, -0.25) is 0 Å². The lowest BCUT2D eigenvalue weighted by atomic mass is 10.1. The predicted octanol–water partition coefficient (Wildman–Crippen LogP) is 4.30. The highest BCUT2D eigenvalue weighted by Crippen LogP contribution is 2.31. The second-order valence-electron chi connectivity index (χ2n) is 3.27. The largest absolute Gasteiger partial charge is 0.416 e. The minimum atomic E-state index is -4.33. The molecule has 0 aliphatic heterocycles. The Morgan fingerprint density at radius 2 is 1.88 bits per heavy atom. The fourth-order valence-corrected chi connectivity index (χ4v) is 2.06. The van der Waals surface area contributed by atoms with E-state index in [4.69, 9.17) is 0 Å². The third-order valence-corrected chi connectivity index (χ3v) is 4.68. The van der Waals surface area contributed by atoms with Crippen molar-refractivity contribution < 1.29 is 13.2 Å². The first-order valence-electron chi connectivity index (χ1n) is 4.46. The number of aromatic nitrogens is 2. The minimum absolute atomic E-state index is 0.431. The molecule has 0 saturated carbocycles. The smallest absolute Gasteiger partial charge is 0.333 e. The Bertz CT molecular complexity index is 529. The summed E-state index contributed by atoms with van der Waals surface area (Å²) in [6.07, 6.45) is -4.33. The Balaban J connectivity index is 2.47. The molecule has 0 unspecified atom stereocenters. The quantitative estimate of drug-likeness (QED) is 0.627. The summed E-state index contributed by atoms with van der Waals surface area (Å²) < 4.78 is 39.2. The van der Waals surface area contributed by atoms with Gasteiger partial charge in [-0.1, -0.05) is 12.1 Å². The van der Waals surface area contributed by atoms with Gasteiger partial charge < -0.3 is 4.98 Å². The number of hydrogen-bond donors (Lipinski definition) is 1. The Labute approximate surface area is 122 Å². The topological polar surface area (TPSA) is 28.7 Å². The average Bonchev–Trinajstić information content (AvgIpc) is 2.58. The predicted molar refractivity (Wildman–Crippen MR) is 74.5 cm³/mol. The highest BCUT2D eigenvalue weighted by molar-refractivity contribution is 14.1. The summed E-state index contributed by atoms with van der Waals surface area (Å²) in [4.78, 5) is 7.10. The number of nitrogens with one attached hydrogen (secondary N) is 1. The van der Waals surface area contributed by atoms with E-state index in [0.29, 0.717) is 11.4 Å². The number of benzene rings is 1. The van der Waals surface area contributed by atoms with Gasteiger partial charge in [-0.25, -0.2) is 4.98 Å². The van der Waals surface area contributed by atoms with Gasteiger partial charge in [0.15, 0.2) is 0 Å². The number of aromatic amines is 1. The van der Waals surface area contributed by atoms with Gasteiger partial charge in [0, 0.05) is 5.56 Å². The maximum absolute atomic E-state index is 12.5. The molecule has 2 nitrogen and oxygen atoms in total. The van der Waals surface area contributed by atoms with Crippen LogP contribution in [0.2, 0.25) is 0 Å². The fourth-order valence-electron chi connectivity index (χ4n) is 1.31. The van der Waals surface area contributed by atoms with Crippen molar-refractivity contribution in [3.63, 3.8) is 0 Å². The highest BCUT2D eigenvalue weighted by Gasteiger charge is 2.30. The second-order valence-corrected chi connectivity index (χ2v) is 5.37. The van der Waals surface area contributed by atoms with E-state index in [-0.39, 0.29) is 0 Å². The third kappa shape index (κ3) is 2.92. The average molecular weight is 464 g/mol. The lowest BCUT2D eigenvalue weighted by molar-refractivity contribution is -0.137. The van der Waals surface area contributed by atoms with E-state index in [1.54, 1.807) is 6.07 Å². The molecule has 1 aromatic carbocycles. The fraction of sp³-hybridized carbons (Fsp3) is 0.100. The molecule has 2 aromatic rings. The second kappa shape index (κ2) is 4.75. The monoisotopic (exact) mass is 464 g/mol. The van der Waals surface area contributed by atoms with Crippen LogP contribution in [0.5, 0.6) is 0 Å². The molecule has 0 spiro atoms. The van der Waals surface area contributed by atoms with E-state index >= 15 is 0 Å². The van der Waals surface area contributed by atoms with E-state index in [1.165, 1.54) is 6.07 Å². The first-order valence-corrected chi connectivity index (χ1v) is 6.62. The molecule has 1 heterocycles. The number of rotatable bonds is 1. The van der Waals surface area contributed by atoms with Gasteiger partial charge in [0.2, 0.25) is 0 Å². The summed E-state index contributed by atoms with van der Waals surface area (Å²) in [5.41, 5.74) is -0.239. The number of H-pyrrole nitrogens is 1. The van der Waals surface area contributed by atoms with Gasteiger partial charge >= 0.3 is 6.18 Å². The molecule has 0 amide bonds. The SMILES string of the molecule is FC(F)(F)c1cccc(-c2nc(I)c(I)[nH]2)c1. The molecule has 1 N–H and O–H groups in total. The van der Waals surface area contributed by atoms with Gasteiger partial charge in [-0.2, -0.15) is 13.2 Å². The van der Waals surface area contributed by atoms with Crippen molar-refractivity contribution in [2.75, 3.05) is 0 Å². The van der Waals surface area contributed by atoms with Gasteiger partial charge in [0.25, 0.3) is 0 Å². The van der Waals surface area contributed by atoms with Crippen LogP contribution in [0.25, 0.3) is 11.4 Å². The van der Waals surface area contributed by atoms with Crippen LogP contribution in [-0.2, 0) is 6.18 Å². The van der Waals surface area contributed by atoms with Crippen molar-refractivity contribution in [1.29, 1.82) is 0 Å². The molecule has 0 aliphatic carbocycles. The zero-order chi connectivity index (χ0) is 12.6. The maximum Gasteiger partial charge on any atom is 0.416 e. The molecule has 1 aromatic heterocycles. The number of hydrogen-bond acceptors (Lipinski definition) is 1. The van der Waals surface area contributed by atoms with Crippen LogP contribution in [0.15, 0.2) is 24.3 Å². The summed E-state index contributed by atoms with van der Waals surface area (Å²) >= 11 is 4.07. The number of alkyl halides is 3. The Kier molecular flexibility index (Phi) is 3.66. The molecule has 0 fully saturated rings. The summed E-state index contributed by atoms with van der Waals surface area (Å²) in [6, 6.07) is 5.11. The van der Waals surface area contributed by atoms with Crippen LogP contribution >= 0.6 is 45.2 Å². The van der Waals surface area contributed by atoms with E-state index in [2.05, 4.69) is 9.97 Å². The highest BCUT2D eigenvalue weighted by atomic mass is 127. The molecule has 90 valence electrons. The third-order valence-electron chi connectivity index (χ3n) is 2.08. The van der Waals surface area contributed by atoms with E-state index in [0.717, 1.165) is 19.5 Å². The van der Waals surface area contributed by atoms with Crippen molar-refractivity contribution in [3.05, 3.63) is 37.2 Å². The summed E-state index contributed by atoms with van der Waals surface area (Å²) in [7, 11) is 0. The van der Waals surface area contributed by atoms with Crippen LogP contribution in [0, 0.1) is 7.40 Å². The van der Waals surface area contributed by atoms with Gasteiger partial charge in [-0.15, -0.1) is 0 Å². The van der Waals surface area contributed by atoms with Crippen molar-refractivity contribution >= 4 is 45.2 Å². The summed E-state index contributed by atoms with van der Waals surface area (Å²) in [5, 5.41) is 0. The zero-order valence-electron chi connectivity index (χ0n) is 8.15. The van der Waals surface area contributed by atoms with Crippen LogP contribution in [0.3, 0.4) is 0 Å². The standard InChI is InChI=1S/C10H5F3I2N2/c11-10(12,13)6-3-1-2-5(4-6)9-16-7(14)8(15)17-9/h1-4H,(H,16,17). The lowest BCUT2D eigenvalue weighted by Crippen LogP contribution is -2.04. The molecule has 0 bridgehead atoms. The van der Waals surface area contributed by atoms with Gasteiger partial charge in [-0.05, 0) is 57.3 Å². The van der Waals surface area contributed by atoms with Crippen LogP contribution in [-0.4, -0.2) is 9.97 Å². The van der Waals surface area contributed by atoms with Crippen LogP contribution in [0.1, 0.15) is 5.56 Å². The number of halogens is 5. The molecule has 0 saturated heterocycles. The molecule has 17 heavy (non-hydrogen) atoms. The van der Waals surface area contributed by atoms with Crippen molar-refractivity contribution in [2.45, 2.75) is 6.18 Å². The Hall–Kier alpha value is -0.320. The van der Waals surface area contributed by atoms with Gasteiger partial charge in [0.05, 0.1) is 5.56 Å². The van der Waals surface area contributed by atoms with Crippen LogP contribution in [0.4, 0.5) is 13.2 Å². The summed E-state index contributed by atoms with van der Waals surface area (Å²) in [6.45, 7) is 0. The number of imidazole rings is 1. The molecule has 7 heteroatoms. The van der Waals surface area contributed by atoms with Crippen molar-refractivity contribution in [1.82, 2.24) is 9.97 Å². The maximum atomic E-state index is 12.5. The molecular weight excluding hydrogens is 459 g/mol. The first-order chi connectivity index (χ1) is 7.88. The van der Waals surface area contributed by atoms with E-state index < -0.39 is 11.7 Å². The van der Waals surface area contributed by atoms with E-state index in [1.807, 2.05) is 45.2 Å².